The Morgan fingerprint density at radius 3 is 2.69 bits per heavy atom. The fourth-order valence-electron chi connectivity index (χ4n) is 4.36. The number of aromatic nitrogens is 3. The van der Waals surface area contributed by atoms with Crippen molar-refractivity contribution in [3.05, 3.63) is 65.2 Å². The van der Waals surface area contributed by atoms with Crippen LogP contribution in [0.15, 0.2) is 42.7 Å². The van der Waals surface area contributed by atoms with Gasteiger partial charge in [-0.2, -0.15) is 0 Å². The number of anilines is 2. The van der Waals surface area contributed by atoms with Crippen molar-refractivity contribution in [2.45, 2.75) is 13.3 Å². The normalized spacial score (nSPS) is 15.9. The van der Waals surface area contributed by atoms with Gasteiger partial charge in [0, 0.05) is 50.0 Å². The highest BCUT2D eigenvalue weighted by Crippen LogP contribution is 2.26. The van der Waals surface area contributed by atoms with Crippen LogP contribution < -0.4 is 10.6 Å². The maximum Gasteiger partial charge on any atom is 0.255 e. The van der Waals surface area contributed by atoms with E-state index in [1.807, 2.05) is 4.90 Å². The van der Waals surface area contributed by atoms with E-state index >= 15 is 0 Å². The van der Waals surface area contributed by atoms with E-state index in [9.17, 15) is 14.0 Å². The lowest BCUT2D eigenvalue weighted by Gasteiger charge is -2.34. The number of benzene rings is 1. The van der Waals surface area contributed by atoms with Crippen LogP contribution in [0.3, 0.4) is 0 Å². The Labute approximate surface area is 202 Å². The number of pyridine rings is 1. The molecule has 0 aliphatic carbocycles. The molecule has 1 fully saturated rings. The van der Waals surface area contributed by atoms with Crippen LogP contribution >= 0.6 is 0 Å². The summed E-state index contributed by atoms with van der Waals surface area (Å²) in [4.78, 5) is 41.6. The molecule has 2 aliphatic rings. The first-order valence-electron chi connectivity index (χ1n) is 11.7. The van der Waals surface area contributed by atoms with Crippen LogP contribution in [0.4, 0.5) is 16.2 Å². The van der Waals surface area contributed by atoms with Gasteiger partial charge in [0.1, 0.15) is 11.5 Å². The van der Waals surface area contributed by atoms with Crippen LogP contribution in [0.25, 0.3) is 11.3 Å². The lowest BCUT2D eigenvalue weighted by molar-refractivity contribution is 0.0643. The van der Waals surface area contributed by atoms with Crippen LogP contribution in [-0.4, -0.2) is 75.8 Å². The molecular weight excluding hydrogens is 449 g/mol. The van der Waals surface area contributed by atoms with E-state index in [0.29, 0.717) is 48.6 Å². The van der Waals surface area contributed by atoms with Gasteiger partial charge in [0.05, 0.1) is 11.8 Å². The quantitative estimate of drug-likeness (QED) is 0.584. The van der Waals surface area contributed by atoms with Crippen LogP contribution in [0.5, 0.6) is 0 Å². The highest BCUT2D eigenvalue weighted by molar-refractivity contribution is 5.97. The van der Waals surface area contributed by atoms with Crippen LogP contribution in [0.2, 0.25) is 0 Å². The highest BCUT2D eigenvalue weighted by atomic mass is 19.1. The molecule has 2 aliphatic heterocycles. The fraction of sp³-hybridized carbons (Fsp3) is 0.320. The molecule has 3 aromatic rings. The molecule has 2 aromatic heterocycles. The number of carbonyl (C=O) groups excluding carboxylic acids is 2. The minimum atomic E-state index is -0.562. The summed E-state index contributed by atoms with van der Waals surface area (Å²) in [6.07, 6.45) is 3.30. The number of halogens is 1. The molecule has 0 saturated carbocycles. The van der Waals surface area contributed by atoms with Crippen LogP contribution in [0, 0.1) is 5.82 Å². The first kappa shape index (κ1) is 22.9. The van der Waals surface area contributed by atoms with Gasteiger partial charge in [-0.25, -0.2) is 19.3 Å². The van der Waals surface area contributed by atoms with Crippen molar-refractivity contribution in [3.63, 3.8) is 0 Å². The molecule has 2 amide bonds. The second-order valence-electron chi connectivity index (χ2n) is 8.55. The van der Waals surface area contributed by atoms with Gasteiger partial charge in [0.2, 0.25) is 5.95 Å². The molecular formula is C25H26FN7O2. The minimum Gasteiger partial charge on any atom is -0.352 e. The Morgan fingerprint density at radius 1 is 1.11 bits per heavy atom. The Kier molecular flexibility index (Phi) is 6.37. The summed E-state index contributed by atoms with van der Waals surface area (Å²) < 4.78 is 14.6. The average molecular weight is 476 g/mol. The van der Waals surface area contributed by atoms with Gasteiger partial charge in [-0.1, -0.05) is 13.0 Å². The molecule has 0 unspecified atom stereocenters. The van der Waals surface area contributed by atoms with E-state index in [2.05, 4.69) is 37.4 Å². The first-order valence-corrected chi connectivity index (χ1v) is 11.7. The molecule has 0 radical (unpaired) electrons. The van der Waals surface area contributed by atoms with Crippen molar-refractivity contribution < 1.29 is 14.0 Å². The number of carbonyl (C=O) groups is 2. The summed E-state index contributed by atoms with van der Waals surface area (Å²) in [5.41, 5.74) is 2.67. The maximum atomic E-state index is 14.6. The van der Waals surface area contributed by atoms with Crippen molar-refractivity contribution in [2.75, 3.05) is 44.6 Å². The second-order valence-corrected chi connectivity index (χ2v) is 8.55. The number of hydrogen-bond donors (Lipinski definition) is 2. The molecule has 0 spiro atoms. The molecule has 180 valence electrons. The zero-order valence-electron chi connectivity index (χ0n) is 19.4. The number of amides is 2. The van der Waals surface area contributed by atoms with Gasteiger partial charge >= 0.3 is 0 Å². The summed E-state index contributed by atoms with van der Waals surface area (Å²) >= 11 is 0. The maximum absolute atomic E-state index is 14.6. The van der Waals surface area contributed by atoms with Crippen molar-refractivity contribution in [3.8, 4) is 11.3 Å². The number of piperazine rings is 1. The zero-order valence-corrected chi connectivity index (χ0v) is 19.4. The van der Waals surface area contributed by atoms with E-state index in [-0.39, 0.29) is 23.5 Å². The lowest BCUT2D eigenvalue weighted by Crippen LogP contribution is -2.48. The van der Waals surface area contributed by atoms with Gasteiger partial charge in [0.25, 0.3) is 11.8 Å². The van der Waals surface area contributed by atoms with E-state index in [4.69, 9.17) is 0 Å². The summed E-state index contributed by atoms with van der Waals surface area (Å²) in [7, 11) is 0. The third-order valence-corrected chi connectivity index (χ3v) is 6.40. The van der Waals surface area contributed by atoms with Crippen LogP contribution in [-0.2, 0) is 6.42 Å². The molecule has 9 nitrogen and oxygen atoms in total. The summed E-state index contributed by atoms with van der Waals surface area (Å²) in [5.74, 6) is -0.107. The molecule has 0 bridgehead atoms. The van der Waals surface area contributed by atoms with Gasteiger partial charge in [0.15, 0.2) is 5.82 Å². The van der Waals surface area contributed by atoms with E-state index < -0.39 is 5.82 Å². The number of likely N-dealkylation sites (N-methyl/N-ethyl adjacent to an activating group) is 1. The smallest absolute Gasteiger partial charge is 0.255 e. The van der Waals surface area contributed by atoms with Crippen molar-refractivity contribution in [1.82, 2.24) is 30.1 Å². The van der Waals surface area contributed by atoms with Gasteiger partial charge < -0.3 is 20.4 Å². The lowest BCUT2D eigenvalue weighted by atomic mass is 9.96. The molecule has 35 heavy (non-hydrogen) atoms. The Hall–Kier alpha value is -3.92. The topological polar surface area (TPSA) is 103 Å². The van der Waals surface area contributed by atoms with Crippen molar-refractivity contribution in [2.24, 2.45) is 0 Å². The fourth-order valence-corrected chi connectivity index (χ4v) is 4.36. The number of hydrogen-bond acceptors (Lipinski definition) is 7. The summed E-state index contributed by atoms with van der Waals surface area (Å²) in [5, 5.41) is 5.77. The zero-order chi connectivity index (χ0) is 24.4. The molecule has 10 heteroatoms. The minimum absolute atomic E-state index is 0.0405. The number of rotatable bonds is 5. The predicted octanol–water partition coefficient (Wildman–Crippen LogP) is 2.48. The monoisotopic (exact) mass is 475 g/mol. The van der Waals surface area contributed by atoms with Gasteiger partial charge in [-0.05, 0) is 42.8 Å². The second kappa shape index (κ2) is 9.75. The van der Waals surface area contributed by atoms with E-state index in [1.54, 1.807) is 30.3 Å². The Bertz CT molecular complexity index is 1260. The molecule has 2 N–H and O–H groups in total. The third kappa shape index (κ3) is 4.83. The standard InChI is InChI=1S/C25H26FN7O2/c1-2-32-9-11-33(12-10-32)24(35)18-4-6-21(28-14-18)30-25-29-15-20(26)22(31-25)17-3-5-19-16(13-17)7-8-27-23(19)34/h3-6,13-15H,2,7-12H2,1H3,(H,27,34)(H,28,29,30,31). The van der Waals surface area contributed by atoms with Gasteiger partial charge in [-0.15, -0.1) is 0 Å². The highest BCUT2D eigenvalue weighted by Gasteiger charge is 2.22. The summed E-state index contributed by atoms with van der Waals surface area (Å²) in [6.45, 7) is 6.80. The molecule has 0 atom stereocenters. The molecule has 1 aromatic carbocycles. The number of nitrogens with zero attached hydrogens (tertiary/aromatic N) is 5. The molecule has 5 rings (SSSR count). The first-order chi connectivity index (χ1) is 17.0. The van der Waals surface area contributed by atoms with Gasteiger partial charge in [-0.3, -0.25) is 9.59 Å². The van der Waals surface area contributed by atoms with Crippen LogP contribution in [0.1, 0.15) is 33.2 Å². The van der Waals surface area contributed by atoms with E-state index in [0.717, 1.165) is 31.4 Å². The average Bonchev–Trinajstić information content (AvgIpc) is 2.90. The SMILES string of the molecule is CCN1CCN(C(=O)c2ccc(Nc3ncc(F)c(-c4ccc5c(c4)CCNC5=O)n3)nc2)CC1. The molecule has 4 heterocycles. The summed E-state index contributed by atoms with van der Waals surface area (Å²) in [6, 6.07) is 8.55. The predicted molar refractivity (Wildman–Crippen MR) is 129 cm³/mol. The Morgan fingerprint density at radius 2 is 1.94 bits per heavy atom. The largest absolute Gasteiger partial charge is 0.352 e. The number of fused-ring (bicyclic) bond motifs is 1. The Balaban J connectivity index is 1.30. The van der Waals surface area contributed by atoms with Crippen molar-refractivity contribution in [1.29, 1.82) is 0 Å². The van der Waals surface area contributed by atoms with Crippen molar-refractivity contribution >= 4 is 23.6 Å². The van der Waals surface area contributed by atoms with E-state index in [1.165, 1.54) is 6.20 Å². The number of nitrogens with one attached hydrogen (secondary N) is 2. The third-order valence-electron chi connectivity index (χ3n) is 6.40. The molecule has 1 saturated heterocycles.